The fourth-order valence-electron chi connectivity index (χ4n) is 4.31. The Bertz CT molecular complexity index is 1360. The summed E-state index contributed by atoms with van der Waals surface area (Å²) >= 11 is 1.58. The Morgan fingerprint density at radius 1 is 1.15 bits per heavy atom. The van der Waals surface area contributed by atoms with Gasteiger partial charge in [-0.2, -0.15) is 0 Å². The molecule has 0 saturated carbocycles. The van der Waals surface area contributed by atoms with E-state index in [1.54, 1.807) is 16.7 Å². The van der Waals surface area contributed by atoms with Crippen molar-refractivity contribution in [1.82, 2.24) is 14.8 Å². The van der Waals surface area contributed by atoms with Crippen LogP contribution in [0.5, 0.6) is 5.75 Å². The third kappa shape index (κ3) is 3.73. The Hall–Kier alpha value is -3.66. The fourth-order valence-corrected chi connectivity index (χ4v) is 5.74. The number of hydrogen-bond donors (Lipinski definition) is 2. The molecule has 1 fully saturated rings. The zero-order valence-electron chi connectivity index (χ0n) is 17.7. The Labute approximate surface area is 197 Å². The highest BCUT2D eigenvalue weighted by Crippen LogP contribution is 2.43. The number of rotatable bonds is 4. The Kier molecular flexibility index (Phi) is 5.60. The van der Waals surface area contributed by atoms with Crippen LogP contribution in [0, 0.1) is 11.6 Å². The van der Waals surface area contributed by atoms with Gasteiger partial charge in [-0.3, -0.25) is 14.4 Å². The van der Waals surface area contributed by atoms with Gasteiger partial charge in [-0.1, -0.05) is 36.4 Å². The van der Waals surface area contributed by atoms with Gasteiger partial charge in [0.25, 0.3) is 11.8 Å². The molecule has 2 aliphatic rings. The second-order valence-corrected chi connectivity index (χ2v) is 9.28. The van der Waals surface area contributed by atoms with Gasteiger partial charge in [-0.05, 0) is 11.6 Å². The maximum absolute atomic E-state index is 13.9. The van der Waals surface area contributed by atoms with Gasteiger partial charge < -0.3 is 19.9 Å². The van der Waals surface area contributed by atoms with Gasteiger partial charge in [-0.25, -0.2) is 8.78 Å². The normalized spacial score (nSPS) is 19.0. The molecule has 1 unspecified atom stereocenters. The first-order valence-corrected chi connectivity index (χ1v) is 11.6. The first-order chi connectivity index (χ1) is 16.3. The molecule has 2 atom stereocenters. The monoisotopic (exact) mass is 483 g/mol. The Morgan fingerprint density at radius 3 is 2.65 bits per heavy atom. The van der Waals surface area contributed by atoms with Crippen LogP contribution in [-0.2, 0) is 13.1 Å². The average Bonchev–Trinajstić information content (AvgIpc) is 3.25. The molecule has 174 valence electrons. The summed E-state index contributed by atoms with van der Waals surface area (Å²) in [6.07, 6.45) is 1.25. The van der Waals surface area contributed by atoms with E-state index in [4.69, 9.17) is 0 Å². The number of aromatic hydroxyl groups is 1. The molecule has 2 aromatic carbocycles. The van der Waals surface area contributed by atoms with Crippen molar-refractivity contribution in [3.05, 3.63) is 99.0 Å². The molecule has 1 aromatic heterocycles. The number of pyridine rings is 1. The summed E-state index contributed by atoms with van der Waals surface area (Å²) in [7, 11) is 0. The number of thioether (sulfide) groups is 1. The number of benzene rings is 2. The predicted octanol–water partition coefficient (Wildman–Crippen LogP) is 3.03. The topological polar surface area (TPSA) is 91.6 Å². The van der Waals surface area contributed by atoms with Crippen LogP contribution in [0.25, 0.3) is 0 Å². The highest BCUT2D eigenvalue weighted by Gasteiger charge is 2.44. The standard InChI is InChI=1S/C24H19F2N3O4S/c25-15-7-6-14(17(26)8-15)9-27-23(32)16-10-28-11-19-29(24(33)20(28)22(31)21(16)30)18(12-34-19)13-4-2-1-3-5-13/h1-8,10,18-19,31H,9,11-12H2,(H,27,32)/t18-,19?/m0/s1. The van der Waals surface area contributed by atoms with E-state index in [0.29, 0.717) is 11.8 Å². The van der Waals surface area contributed by atoms with Gasteiger partial charge in [0.05, 0.1) is 18.0 Å². The van der Waals surface area contributed by atoms with Crippen LogP contribution in [0.15, 0.2) is 59.5 Å². The first kappa shape index (κ1) is 22.1. The number of nitrogens with one attached hydrogen (secondary N) is 1. The number of amides is 2. The summed E-state index contributed by atoms with van der Waals surface area (Å²) in [5.41, 5.74) is -0.515. The van der Waals surface area contributed by atoms with Gasteiger partial charge in [0.1, 0.15) is 17.2 Å². The van der Waals surface area contributed by atoms with E-state index in [1.165, 1.54) is 16.8 Å². The fraction of sp³-hybridized carbons (Fsp3) is 0.208. The minimum absolute atomic E-state index is 0.0390. The molecule has 34 heavy (non-hydrogen) atoms. The zero-order valence-corrected chi connectivity index (χ0v) is 18.5. The van der Waals surface area contributed by atoms with Crippen molar-refractivity contribution in [2.24, 2.45) is 0 Å². The molecule has 5 rings (SSSR count). The summed E-state index contributed by atoms with van der Waals surface area (Å²) in [5.74, 6) is -3.03. The number of carbonyl (C=O) groups excluding carboxylic acids is 2. The van der Waals surface area contributed by atoms with E-state index in [-0.39, 0.29) is 41.3 Å². The van der Waals surface area contributed by atoms with Crippen molar-refractivity contribution in [3.8, 4) is 5.75 Å². The van der Waals surface area contributed by atoms with Crippen LogP contribution in [0.1, 0.15) is 38.0 Å². The van der Waals surface area contributed by atoms with Gasteiger partial charge in [0.15, 0.2) is 11.4 Å². The smallest absolute Gasteiger partial charge is 0.276 e. The van der Waals surface area contributed by atoms with Crippen molar-refractivity contribution in [2.75, 3.05) is 5.75 Å². The third-order valence-corrected chi connectivity index (χ3v) is 7.29. The molecule has 2 N–H and O–H groups in total. The summed E-state index contributed by atoms with van der Waals surface area (Å²) < 4.78 is 28.4. The van der Waals surface area contributed by atoms with E-state index in [2.05, 4.69) is 5.32 Å². The van der Waals surface area contributed by atoms with Crippen molar-refractivity contribution >= 4 is 23.6 Å². The minimum Gasteiger partial charge on any atom is -0.503 e. The lowest BCUT2D eigenvalue weighted by Gasteiger charge is -2.35. The molecule has 0 bridgehead atoms. The molecular weight excluding hydrogens is 464 g/mol. The molecular formula is C24H19F2N3O4S. The van der Waals surface area contributed by atoms with Crippen molar-refractivity contribution in [2.45, 2.75) is 24.5 Å². The van der Waals surface area contributed by atoms with Crippen LogP contribution in [0.2, 0.25) is 0 Å². The Morgan fingerprint density at radius 2 is 1.91 bits per heavy atom. The highest BCUT2D eigenvalue weighted by molar-refractivity contribution is 8.00. The largest absolute Gasteiger partial charge is 0.503 e. The molecule has 0 aliphatic carbocycles. The van der Waals surface area contributed by atoms with E-state index < -0.39 is 34.6 Å². The van der Waals surface area contributed by atoms with Crippen molar-refractivity contribution in [3.63, 3.8) is 0 Å². The summed E-state index contributed by atoms with van der Waals surface area (Å²) in [4.78, 5) is 40.4. The maximum Gasteiger partial charge on any atom is 0.276 e. The number of fused-ring (bicyclic) bond motifs is 2. The maximum atomic E-state index is 13.9. The van der Waals surface area contributed by atoms with Crippen LogP contribution in [0.3, 0.4) is 0 Å². The summed E-state index contributed by atoms with van der Waals surface area (Å²) in [6.45, 7) is 0.00657. The molecule has 2 aliphatic heterocycles. The van der Waals surface area contributed by atoms with Gasteiger partial charge >= 0.3 is 0 Å². The number of aromatic nitrogens is 1. The van der Waals surface area contributed by atoms with Crippen molar-refractivity contribution in [1.29, 1.82) is 0 Å². The van der Waals surface area contributed by atoms with Crippen LogP contribution in [0.4, 0.5) is 8.78 Å². The number of halogens is 2. The molecule has 1 saturated heterocycles. The number of carbonyl (C=O) groups is 2. The number of hydrogen-bond acceptors (Lipinski definition) is 5. The molecule has 2 amide bonds. The van der Waals surface area contributed by atoms with E-state index in [0.717, 1.165) is 11.6 Å². The van der Waals surface area contributed by atoms with E-state index in [9.17, 15) is 28.3 Å². The molecule has 7 nitrogen and oxygen atoms in total. The minimum atomic E-state index is -0.988. The lowest BCUT2D eigenvalue weighted by Crippen LogP contribution is -2.46. The third-order valence-electron chi connectivity index (χ3n) is 6.02. The second kappa shape index (κ2) is 8.60. The van der Waals surface area contributed by atoms with Crippen LogP contribution in [-0.4, -0.2) is 37.5 Å². The predicted molar refractivity (Wildman–Crippen MR) is 121 cm³/mol. The average molecular weight is 483 g/mol. The summed E-state index contributed by atoms with van der Waals surface area (Å²) in [5, 5.41) is 12.8. The molecule has 3 aromatic rings. The molecule has 0 radical (unpaired) electrons. The van der Waals surface area contributed by atoms with Gasteiger partial charge in [0.2, 0.25) is 5.43 Å². The SMILES string of the molecule is O=C(NCc1ccc(F)cc1F)c1cn2c(c(O)c1=O)C(=O)N1C(C2)SC[C@H]1c1ccccc1. The highest BCUT2D eigenvalue weighted by atomic mass is 32.2. The first-order valence-electron chi connectivity index (χ1n) is 10.5. The van der Waals surface area contributed by atoms with Gasteiger partial charge in [-0.15, -0.1) is 11.8 Å². The number of nitrogens with zero attached hydrogens (tertiary/aromatic N) is 2. The van der Waals surface area contributed by atoms with Crippen LogP contribution >= 0.6 is 11.8 Å². The van der Waals surface area contributed by atoms with Crippen LogP contribution < -0.4 is 10.7 Å². The quantitative estimate of drug-likeness (QED) is 0.595. The van der Waals surface area contributed by atoms with Crippen molar-refractivity contribution < 1.29 is 23.5 Å². The molecule has 10 heteroatoms. The lowest BCUT2D eigenvalue weighted by atomic mass is 10.0. The lowest BCUT2D eigenvalue weighted by molar-refractivity contribution is 0.0618. The van der Waals surface area contributed by atoms with E-state index >= 15 is 0 Å². The van der Waals surface area contributed by atoms with Gasteiger partial charge in [0, 0.05) is 30.1 Å². The second-order valence-electron chi connectivity index (χ2n) is 8.07. The molecule has 0 spiro atoms. The van der Waals surface area contributed by atoms with E-state index in [1.807, 2.05) is 30.3 Å². The Balaban J connectivity index is 1.43. The summed E-state index contributed by atoms with van der Waals surface area (Å²) in [6, 6.07) is 12.3. The molecule has 3 heterocycles. The zero-order chi connectivity index (χ0) is 24.0.